The van der Waals surface area contributed by atoms with Crippen molar-refractivity contribution in [2.45, 2.75) is 13.8 Å². The largest absolute Gasteiger partial charge is 0.466 e. The number of nitrogens with zero attached hydrogens (tertiary/aromatic N) is 2. The molecule has 0 fully saturated rings. The molecule has 0 aliphatic rings. The van der Waals surface area contributed by atoms with E-state index in [2.05, 4.69) is 20.0 Å². The molecule has 0 saturated heterocycles. The number of aryl methyl sites for hydroxylation is 1. The van der Waals surface area contributed by atoms with Crippen LogP contribution in [0.3, 0.4) is 0 Å². The number of hydrogen-bond donors (Lipinski definition) is 2. The van der Waals surface area contributed by atoms with E-state index in [1.54, 1.807) is 13.0 Å². The van der Waals surface area contributed by atoms with E-state index in [9.17, 15) is 4.79 Å². The van der Waals surface area contributed by atoms with Crippen LogP contribution in [0.15, 0.2) is 6.08 Å². The van der Waals surface area contributed by atoms with Crippen molar-refractivity contribution in [3.05, 3.63) is 17.3 Å². The van der Waals surface area contributed by atoms with Gasteiger partial charge in [0.25, 0.3) is 0 Å². The number of carbonyl (C=O) groups is 1. The summed E-state index contributed by atoms with van der Waals surface area (Å²) in [6.45, 7) is 4.45. The van der Waals surface area contributed by atoms with Crippen molar-refractivity contribution in [2.75, 3.05) is 24.7 Å². The molecular formula is C11H16N4O2. The highest BCUT2D eigenvalue weighted by Gasteiger charge is 2.07. The molecule has 6 heteroatoms. The number of anilines is 2. The molecule has 0 amide bonds. The third-order valence-corrected chi connectivity index (χ3v) is 2.09. The predicted molar refractivity (Wildman–Crippen MR) is 66.4 cm³/mol. The summed E-state index contributed by atoms with van der Waals surface area (Å²) in [5, 5.41) is 3.07. The normalized spacial score (nSPS) is 10.5. The van der Waals surface area contributed by atoms with Gasteiger partial charge in [-0.1, -0.05) is 0 Å². The van der Waals surface area contributed by atoms with Gasteiger partial charge in [0, 0.05) is 18.2 Å². The van der Waals surface area contributed by atoms with Gasteiger partial charge < -0.3 is 15.8 Å². The zero-order valence-corrected chi connectivity index (χ0v) is 10.2. The van der Waals surface area contributed by atoms with Gasteiger partial charge in [0.15, 0.2) is 0 Å². The Morgan fingerprint density at radius 3 is 2.82 bits per heavy atom. The average molecular weight is 236 g/mol. The van der Waals surface area contributed by atoms with E-state index in [-0.39, 0.29) is 5.95 Å². The summed E-state index contributed by atoms with van der Waals surface area (Å²) in [6, 6.07) is 0. The predicted octanol–water partition coefficient (Wildman–Crippen LogP) is 0.985. The monoisotopic (exact) mass is 236 g/mol. The lowest BCUT2D eigenvalue weighted by Crippen LogP contribution is -2.07. The van der Waals surface area contributed by atoms with Crippen molar-refractivity contribution in [1.82, 2.24) is 9.97 Å². The number of aromatic nitrogens is 2. The Morgan fingerprint density at radius 2 is 2.24 bits per heavy atom. The van der Waals surface area contributed by atoms with E-state index in [1.165, 1.54) is 13.2 Å². The number of methoxy groups -OCH3 is 1. The van der Waals surface area contributed by atoms with Crippen molar-refractivity contribution in [3.8, 4) is 0 Å². The molecule has 6 nitrogen and oxygen atoms in total. The third kappa shape index (κ3) is 3.44. The molecule has 17 heavy (non-hydrogen) atoms. The van der Waals surface area contributed by atoms with Crippen LogP contribution in [0, 0.1) is 6.92 Å². The number of nitrogens with one attached hydrogen (secondary N) is 1. The highest BCUT2D eigenvalue weighted by Crippen LogP contribution is 2.18. The summed E-state index contributed by atoms with van der Waals surface area (Å²) in [4.78, 5) is 19.2. The van der Waals surface area contributed by atoms with Crippen LogP contribution in [-0.4, -0.2) is 29.6 Å². The molecule has 3 N–H and O–H groups in total. The van der Waals surface area contributed by atoms with Crippen LogP contribution in [0.5, 0.6) is 0 Å². The maximum absolute atomic E-state index is 11.0. The van der Waals surface area contributed by atoms with E-state index in [4.69, 9.17) is 5.73 Å². The lowest BCUT2D eigenvalue weighted by atomic mass is 10.2. The summed E-state index contributed by atoms with van der Waals surface area (Å²) in [7, 11) is 1.32. The van der Waals surface area contributed by atoms with Gasteiger partial charge in [-0.15, -0.1) is 0 Å². The van der Waals surface area contributed by atoms with Crippen molar-refractivity contribution < 1.29 is 9.53 Å². The van der Waals surface area contributed by atoms with E-state index >= 15 is 0 Å². The molecule has 0 unspecified atom stereocenters. The van der Waals surface area contributed by atoms with Gasteiger partial charge in [0.05, 0.1) is 12.8 Å². The van der Waals surface area contributed by atoms with Gasteiger partial charge >= 0.3 is 5.97 Å². The van der Waals surface area contributed by atoms with Crippen molar-refractivity contribution in [3.63, 3.8) is 0 Å². The topological polar surface area (TPSA) is 90.1 Å². The third-order valence-electron chi connectivity index (χ3n) is 2.09. The first-order valence-electron chi connectivity index (χ1n) is 5.22. The molecule has 0 spiro atoms. The minimum Gasteiger partial charge on any atom is -0.466 e. The smallest absolute Gasteiger partial charge is 0.330 e. The Kier molecular flexibility index (Phi) is 4.45. The fourth-order valence-corrected chi connectivity index (χ4v) is 1.32. The molecular weight excluding hydrogens is 220 g/mol. The highest BCUT2D eigenvalue weighted by molar-refractivity contribution is 5.88. The highest BCUT2D eigenvalue weighted by atomic mass is 16.5. The van der Waals surface area contributed by atoms with Gasteiger partial charge in [0.1, 0.15) is 5.82 Å². The van der Waals surface area contributed by atoms with Crippen molar-refractivity contribution in [1.29, 1.82) is 0 Å². The first kappa shape index (κ1) is 13.0. The van der Waals surface area contributed by atoms with Gasteiger partial charge in [-0.2, -0.15) is 4.98 Å². The molecule has 1 aromatic heterocycles. The van der Waals surface area contributed by atoms with Crippen LogP contribution >= 0.6 is 0 Å². The number of carbonyl (C=O) groups excluding carboxylic acids is 1. The van der Waals surface area contributed by atoms with Crippen LogP contribution in [0.2, 0.25) is 0 Å². The standard InChI is InChI=1S/C11H16N4O2/c1-4-13-10-8(5-6-9(16)17-3)7(2)14-11(12)15-10/h5-6H,4H2,1-3H3,(H3,12,13,14,15). The van der Waals surface area contributed by atoms with E-state index in [0.29, 0.717) is 18.1 Å². The maximum atomic E-state index is 11.0. The van der Waals surface area contributed by atoms with E-state index in [1.807, 2.05) is 6.92 Å². The minimum atomic E-state index is -0.427. The van der Waals surface area contributed by atoms with Crippen molar-refractivity contribution >= 4 is 23.8 Å². The number of nitrogen functional groups attached to an aromatic ring is 1. The second-order valence-corrected chi connectivity index (χ2v) is 3.32. The van der Waals surface area contributed by atoms with Gasteiger partial charge in [-0.05, 0) is 19.9 Å². The summed E-state index contributed by atoms with van der Waals surface area (Å²) >= 11 is 0. The summed E-state index contributed by atoms with van der Waals surface area (Å²) in [5.74, 6) is 0.384. The van der Waals surface area contributed by atoms with E-state index in [0.717, 1.165) is 5.56 Å². The molecule has 0 bridgehead atoms. The van der Waals surface area contributed by atoms with Crippen molar-refractivity contribution in [2.24, 2.45) is 0 Å². The molecule has 0 saturated carbocycles. The van der Waals surface area contributed by atoms with Gasteiger partial charge in [-0.25, -0.2) is 9.78 Å². The number of rotatable bonds is 4. The Labute approximate surface area is 99.9 Å². The fourth-order valence-electron chi connectivity index (χ4n) is 1.32. The summed E-state index contributed by atoms with van der Waals surface area (Å²) < 4.78 is 4.52. The quantitative estimate of drug-likeness (QED) is 0.598. The fraction of sp³-hybridized carbons (Fsp3) is 0.364. The van der Waals surface area contributed by atoms with E-state index < -0.39 is 5.97 Å². The van der Waals surface area contributed by atoms with Gasteiger partial charge in [0.2, 0.25) is 5.95 Å². The van der Waals surface area contributed by atoms with Crippen LogP contribution in [-0.2, 0) is 9.53 Å². The Morgan fingerprint density at radius 1 is 1.53 bits per heavy atom. The van der Waals surface area contributed by atoms with Gasteiger partial charge in [-0.3, -0.25) is 0 Å². The van der Waals surface area contributed by atoms with Crippen LogP contribution in [0.25, 0.3) is 6.08 Å². The molecule has 1 heterocycles. The molecule has 0 aliphatic heterocycles. The maximum Gasteiger partial charge on any atom is 0.330 e. The zero-order chi connectivity index (χ0) is 12.8. The van der Waals surface area contributed by atoms with Crippen LogP contribution < -0.4 is 11.1 Å². The molecule has 92 valence electrons. The molecule has 1 rings (SSSR count). The molecule has 0 aliphatic carbocycles. The Hall–Kier alpha value is -2.11. The SMILES string of the molecule is CCNc1nc(N)nc(C)c1C=CC(=O)OC. The van der Waals surface area contributed by atoms with Crippen LogP contribution in [0.4, 0.5) is 11.8 Å². The average Bonchev–Trinajstić information content (AvgIpc) is 2.27. The number of esters is 1. The number of nitrogens with two attached hydrogens (primary N) is 1. The number of ether oxygens (including phenoxy) is 1. The second-order valence-electron chi connectivity index (χ2n) is 3.32. The first-order chi connectivity index (χ1) is 8.08. The zero-order valence-electron chi connectivity index (χ0n) is 10.2. The minimum absolute atomic E-state index is 0.202. The Balaban J connectivity index is 3.11. The molecule has 0 aromatic carbocycles. The number of hydrogen-bond acceptors (Lipinski definition) is 6. The Bertz CT molecular complexity index is 443. The molecule has 0 radical (unpaired) electrons. The van der Waals surface area contributed by atoms with Crippen LogP contribution in [0.1, 0.15) is 18.2 Å². The molecule has 1 aromatic rings. The second kappa shape index (κ2) is 5.83. The molecule has 0 atom stereocenters. The lowest BCUT2D eigenvalue weighted by molar-refractivity contribution is -0.134. The summed E-state index contributed by atoms with van der Waals surface area (Å²) in [6.07, 6.45) is 2.93. The lowest BCUT2D eigenvalue weighted by Gasteiger charge is -2.09. The summed E-state index contributed by atoms with van der Waals surface area (Å²) in [5.41, 5.74) is 6.99. The first-order valence-corrected chi connectivity index (χ1v) is 5.22.